The van der Waals surface area contributed by atoms with Crippen LogP contribution >= 0.6 is 24.0 Å². The number of aromatic nitrogens is 2. The third-order valence-electron chi connectivity index (χ3n) is 5.66. The number of carbonyl (C=O) groups excluding carboxylic acids is 1. The van der Waals surface area contributed by atoms with Gasteiger partial charge in [0.1, 0.15) is 11.6 Å². The van der Waals surface area contributed by atoms with Crippen LogP contribution in [0.1, 0.15) is 50.4 Å². The summed E-state index contributed by atoms with van der Waals surface area (Å²) in [5.41, 5.74) is 1.68. The maximum absolute atomic E-state index is 14.2. The van der Waals surface area contributed by atoms with Crippen LogP contribution in [-0.4, -0.2) is 21.7 Å². The lowest BCUT2D eigenvalue weighted by Crippen LogP contribution is -2.36. The van der Waals surface area contributed by atoms with Crippen molar-refractivity contribution >= 4 is 35.6 Å². The van der Waals surface area contributed by atoms with Crippen molar-refractivity contribution in [2.24, 2.45) is 0 Å². The molecule has 2 aromatic carbocycles. The molecule has 3 atom stereocenters. The van der Waals surface area contributed by atoms with E-state index in [1.807, 2.05) is 16.9 Å². The minimum Gasteiger partial charge on any atom is -0.325 e. The van der Waals surface area contributed by atoms with Crippen LogP contribution < -0.4 is 10.6 Å². The van der Waals surface area contributed by atoms with Crippen molar-refractivity contribution in [1.29, 1.82) is 0 Å². The molecule has 1 unspecified atom stereocenters. The van der Waals surface area contributed by atoms with Gasteiger partial charge in [0.2, 0.25) is 5.91 Å². The number of benzene rings is 2. The van der Waals surface area contributed by atoms with Crippen LogP contribution in [0.25, 0.3) is 0 Å². The molecule has 9 heteroatoms. The van der Waals surface area contributed by atoms with Crippen LogP contribution in [0.5, 0.6) is 0 Å². The highest BCUT2D eigenvalue weighted by molar-refractivity contribution is 6.30. The topological polar surface area (TPSA) is 59.0 Å². The summed E-state index contributed by atoms with van der Waals surface area (Å²) in [4.78, 5) is 12.9. The van der Waals surface area contributed by atoms with Crippen molar-refractivity contribution < 1.29 is 13.6 Å². The molecule has 1 amide bonds. The Labute approximate surface area is 202 Å². The largest absolute Gasteiger partial charge is 0.325 e. The molecule has 1 aliphatic rings. The first kappa shape index (κ1) is 25.1. The van der Waals surface area contributed by atoms with Gasteiger partial charge in [-0.25, -0.2) is 8.78 Å². The van der Waals surface area contributed by atoms with Gasteiger partial charge in [-0.2, -0.15) is 5.10 Å². The molecule has 1 aliphatic heterocycles. The standard InChI is InChI=1S/C24H25ClF2N4O.ClH/c1-24(2,3)31-10-9-20(30-31)17-13-21(23(32)28-16-6-4-5-15(26)12-16)29-22(17)14-7-8-18(25)19(27)11-14;/h4-12,17,21-22,29H,13H2,1-3H3,(H,28,32);1H/t17?,21-,22-;/m0./s1. The molecule has 1 saturated heterocycles. The van der Waals surface area contributed by atoms with Crippen LogP contribution in [-0.2, 0) is 10.3 Å². The highest BCUT2D eigenvalue weighted by Gasteiger charge is 2.40. The second-order valence-corrected chi connectivity index (χ2v) is 9.48. The Morgan fingerprint density at radius 1 is 1.18 bits per heavy atom. The van der Waals surface area contributed by atoms with E-state index in [4.69, 9.17) is 16.7 Å². The minimum atomic E-state index is -0.563. The van der Waals surface area contributed by atoms with E-state index in [0.717, 1.165) is 5.69 Å². The maximum Gasteiger partial charge on any atom is 0.241 e. The highest BCUT2D eigenvalue weighted by Crippen LogP contribution is 2.41. The molecule has 4 rings (SSSR count). The lowest BCUT2D eigenvalue weighted by molar-refractivity contribution is -0.117. The number of hydrogen-bond donors (Lipinski definition) is 2. The van der Waals surface area contributed by atoms with Crippen molar-refractivity contribution in [3.05, 3.63) is 82.6 Å². The van der Waals surface area contributed by atoms with Crippen LogP contribution in [0.4, 0.5) is 14.5 Å². The zero-order chi connectivity index (χ0) is 23.0. The van der Waals surface area contributed by atoms with Gasteiger partial charge in [-0.1, -0.05) is 23.7 Å². The zero-order valence-electron chi connectivity index (χ0n) is 18.5. The average molecular weight is 495 g/mol. The summed E-state index contributed by atoms with van der Waals surface area (Å²) in [5.74, 6) is -1.39. The molecule has 1 fully saturated rings. The van der Waals surface area contributed by atoms with Gasteiger partial charge in [0.15, 0.2) is 0 Å². The smallest absolute Gasteiger partial charge is 0.241 e. The Hall–Kier alpha value is -2.48. The average Bonchev–Trinajstić information content (AvgIpc) is 3.37. The zero-order valence-corrected chi connectivity index (χ0v) is 20.1. The summed E-state index contributed by atoms with van der Waals surface area (Å²) in [7, 11) is 0. The molecule has 0 bridgehead atoms. The predicted octanol–water partition coefficient (Wildman–Crippen LogP) is 5.82. The van der Waals surface area contributed by atoms with Gasteiger partial charge >= 0.3 is 0 Å². The summed E-state index contributed by atoms with van der Waals surface area (Å²) >= 11 is 5.87. The lowest BCUT2D eigenvalue weighted by Gasteiger charge is -2.21. The number of hydrogen-bond acceptors (Lipinski definition) is 3. The second kappa shape index (κ2) is 9.79. The Kier molecular flexibility index (Phi) is 7.46. The van der Waals surface area contributed by atoms with Crippen molar-refractivity contribution in [1.82, 2.24) is 15.1 Å². The lowest BCUT2D eigenvalue weighted by atomic mass is 9.90. The molecule has 2 N–H and O–H groups in total. The third kappa shape index (κ3) is 5.54. The molecule has 0 saturated carbocycles. The molecule has 176 valence electrons. The van der Waals surface area contributed by atoms with Gasteiger partial charge in [0, 0.05) is 23.8 Å². The number of rotatable bonds is 4. The number of amides is 1. The molecular formula is C24H26Cl2F2N4O. The number of halogens is 4. The van der Waals surface area contributed by atoms with E-state index in [1.54, 1.807) is 12.1 Å². The Bertz CT molecular complexity index is 1150. The van der Waals surface area contributed by atoms with Gasteiger partial charge in [-0.3, -0.25) is 14.8 Å². The fourth-order valence-corrected chi connectivity index (χ4v) is 4.12. The monoisotopic (exact) mass is 494 g/mol. The third-order valence-corrected chi connectivity index (χ3v) is 5.97. The summed E-state index contributed by atoms with van der Waals surface area (Å²) in [6, 6.07) is 11.4. The summed E-state index contributed by atoms with van der Waals surface area (Å²) in [5, 5.41) is 10.9. The molecule has 1 aromatic heterocycles. The van der Waals surface area contributed by atoms with Crippen LogP contribution in [0, 0.1) is 11.6 Å². The minimum absolute atomic E-state index is 0. The van der Waals surface area contributed by atoms with Crippen molar-refractivity contribution in [3.8, 4) is 0 Å². The van der Waals surface area contributed by atoms with Gasteiger partial charge in [0.05, 0.1) is 22.3 Å². The maximum atomic E-state index is 14.2. The number of nitrogens with zero attached hydrogens (tertiary/aromatic N) is 2. The first-order chi connectivity index (χ1) is 15.1. The molecular weight excluding hydrogens is 469 g/mol. The van der Waals surface area contributed by atoms with Crippen molar-refractivity contribution in [3.63, 3.8) is 0 Å². The van der Waals surface area contributed by atoms with E-state index in [1.165, 1.54) is 30.3 Å². The van der Waals surface area contributed by atoms with E-state index < -0.39 is 17.7 Å². The quantitative estimate of drug-likeness (QED) is 0.480. The first-order valence-electron chi connectivity index (χ1n) is 10.5. The van der Waals surface area contributed by atoms with Gasteiger partial charge in [-0.05, 0) is 69.2 Å². The molecule has 3 aromatic rings. The van der Waals surface area contributed by atoms with E-state index in [0.29, 0.717) is 17.7 Å². The van der Waals surface area contributed by atoms with E-state index in [2.05, 4.69) is 31.4 Å². The number of carbonyl (C=O) groups is 1. The molecule has 0 aliphatic carbocycles. The van der Waals surface area contributed by atoms with Gasteiger partial charge < -0.3 is 5.32 Å². The Morgan fingerprint density at radius 2 is 1.94 bits per heavy atom. The fourth-order valence-electron chi connectivity index (χ4n) is 4.00. The molecule has 0 spiro atoms. The first-order valence-corrected chi connectivity index (χ1v) is 10.8. The van der Waals surface area contributed by atoms with E-state index >= 15 is 0 Å². The highest BCUT2D eigenvalue weighted by atomic mass is 35.5. The summed E-state index contributed by atoms with van der Waals surface area (Å²) < 4.78 is 29.6. The van der Waals surface area contributed by atoms with E-state index in [9.17, 15) is 13.6 Å². The molecule has 33 heavy (non-hydrogen) atoms. The van der Waals surface area contributed by atoms with Crippen molar-refractivity contribution in [2.45, 2.75) is 50.7 Å². The SMILES string of the molecule is CC(C)(C)n1ccc(C2C[C@@H](C(=O)Nc3cccc(F)c3)N[C@H]2c2ccc(Cl)c(F)c2)n1.Cl. The van der Waals surface area contributed by atoms with Gasteiger partial charge in [0.25, 0.3) is 0 Å². The van der Waals surface area contributed by atoms with Crippen LogP contribution in [0.2, 0.25) is 5.02 Å². The molecule has 2 heterocycles. The number of anilines is 1. The van der Waals surface area contributed by atoms with Crippen LogP contribution in [0.15, 0.2) is 54.7 Å². The Balaban J connectivity index is 0.00000306. The summed E-state index contributed by atoms with van der Waals surface area (Å²) in [6.45, 7) is 6.16. The predicted molar refractivity (Wildman–Crippen MR) is 128 cm³/mol. The van der Waals surface area contributed by atoms with Crippen molar-refractivity contribution in [2.75, 3.05) is 5.32 Å². The second-order valence-electron chi connectivity index (χ2n) is 9.07. The normalized spacial score (nSPS) is 20.4. The molecule has 5 nitrogen and oxygen atoms in total. The van der Waals surface area contributed by atoms with E-state index in [-0.39, 0.29) is 40.8 Å². The Morgan fingerprint density at radius 3 is 2.58 bits per heavy atom. The van der Waals surface area contributed by atoms with Crippen LogP contribution in [0.3, 0.4) is 0 Å². The van der Waals surface area contributed by atoms with Gasteiger partial charge in [-0.15, -0.1) is 12.4 Å². The molecule has 0 radical (unpaired) electrons. The fraction of sp³-hybridized carbons (Fsp3) is 0.333. The summed E-state index contributed by atoms with van der Waals surface area (Å²) in [6.07, 6.45) is 2.37. The number of nitrogens with one attached hydrogen (secondary N) is 2.